The Morgan fingerprint density at radius 2 is 1.06 bits per heavy atom. The van der Waals surface area contributed by atoms with E-state index in [9.17, 15) is 27.4 Å². The molecule has 0 saturated carbocycles. The van der Waals surface area contributed by atoms with E-state index in [1.165, 1.54) is 24.9 Å². The van der Waals surface area contributed by atoms with Gasteiger partial charge in [0.2, 0.25) is 0 Å². The van der Waals surface area contributed by atoms with Crippen LogP contribution < -0.4 is 0 Å². The number of hydrogen-bond donors (Lipinski definition) is 5. The van der Waals surface area contributed by atoms with E-state index in [0.717, 1.165) is 30.9 Å². The lowest BCUT2D eigenvalue weighted by molar-refractivity contribution is -0.119. The topological polar surface area (TPSA) is 325 Å². The van der Waals surface area contributed by atoms with Crippen molar-refractivity contribution in [3.8, 4) is 0 Å². The molecule has 0 atom stereocenters. The molecule has 0 unspecified atom stereocenters. The molecule has 0 bridgehead atoms. The quantitative estimate of drug-likeness (QED) is 0.0929. The number of aromatic nitrogens is 12. The van der Waals surface area contributed by atoms with Crippen LogP contribution in [0.3, 0.4) is 0 Å². The molecule has 0 aromatic carbocycles. The van der Waals surface area contributed by atoms with E-state index in [2.05, 4.69) is 135 Å². The number of nitrogens with one attached hydrogen (secondary N) is 1. The first-order valence-electron chi connectivity index (χ1n) is 23.9. The summed E-state index contributed by atoms with van der Waals surface area (Å²) in [6.07, 6.45) is 4.75. The van der Waals surface area contributed by atoms with Gasteiger partial charge in [0.1, 0.15) is 28.7 Å². The standard InChI is InChI=1S/2C9H16N4O.C7H14O.C6H12N4.C6H14O2S.C5H13BO2.C5H13O3P/c1-7(14)6-13-8(10-11-12-13)5-9(2,3)4;1-7(14)6-13-11-8(10-12-13)5-9(2,3)4;1-6(8)5-7(2,3)4;1-6(2,3)4-5-7-9-10-8-5;1-6(2,3)5-9(4,7)8;1-5(2,3)4-6(7)8;1-5(2,3)4-9(6,7)8/h2*5-6H2,1-4H3;5H2,1-4H3;4H2,1-3H3,(H,7,8,9,10);5H2,1-4H3;7-8H,4H2,1-3H3;4H2,1-3H3,(H2,6,7,8). The van der Waals surface area contributed by atoms with Crippen molar-refractivity contribution in [2.75, 3.05) is 18.2 Å². The summed E-state index contributed by atoms with van der Waals surface area (Å²) >= 11 is 0. The van der Waals surface area contributed by atoms with Crippen LogP contribution >= 0.6 is 7.60 Å². The second-order valence-corrected chi connectivity index (χ2v) is 30.4. The molecule has 0 radical (unpaired) electrons. The number of nitrogens with zero attached hydrogens (tertiary/aromatic N) is 11. The number of Topliss-reactive ketones (excluding diaryl/α,β-unsaturated/α-hetero) is 3. The van der Waals surface area contributed by atoms with E-state index in [1.807, 2.05) is 41.5 Å². The molecular formula is C47H98BN12O10PS. The fraction of sp³-hybridized carbons (Fsp3) is 0.872. The van der Waals surface area contributed by atoms with Crippen LogP contribution in [-0.2, 0) is 61.1 Å². The molecule has 0 aliphatic carbocycles. The van der Waals surface area contributed by atoms with E-state index in [4.69, 9.17) is 19.8 Å². The van der Waals surface area contributed by atoms with Crippen LogP contribution in [0.5, 0.6) is 0 Å². The number of H-pyrrole nitrogens is 1. The molecular weight excluding hydrogens is 966 g/mol. The maximum absolute atomic E-state index is 10.9. The molecule has 5 N–H and O–H groups in total. The van der Waals surface area contributed by atoms with E-state index < -0.39 is 24.6 Å². The first-order valence-corrected chi connectivity index (χ1v) is 27.7. The minimum atomic E-state index is -3.79. The number of ketones is 3. The van der Waals surface area contributed by atoms with Crippen LogP contribution in [-0.4, -0.2) is 132 Å². The van der Waals surface area contributed by atoms with Gasteiger partial charge < -0.3 is 24.6 Å². The van der Waals surface area contributed by atoms with E-state index >= 15 is 0 Å². The average molecular weight is 1070 g/mol. The van der Waals surface area contributed by atoms with Crippen molar-refractivity contribution in [2.24, 2.45) is 37.9 Å². The number of carbonyl (C=O) groups is 3. The lowest BCUT2D eigenvalue weighted by atomic mass is 9.72. The number of sulfone groups is 1. The SMILES string of the molecule is CC(=O)CC(C)(C)C.CC(=O)Cn1nnc(CC(C)(C)C)n1.CC(=O)Cn1nnnc1CC(C)(C)C.CC(C)(C)CB(O)O.CC(C)(C)CP(=O)(O)O.CC(C)(C)CS(C)(=O)=O.CC(C)(C)Cc1nn[nH]n1. The van der Waals surface area contributed by atoms with Crippen LogP contribution in [0.15, 0.2) is 0 Å². The van der Waals surface area contributed by atoms with E-state index in [0.29, 0.717) is 18.6 Å². The fourth-order valence-electron chi connectivity index (χ4n) is 5.68. The monoisotopic (exact) mass is 1060 g/mol. The molecule has 22 nitrogen and oxygen atoms in total. The summed E-state index contributed by atoms with van der Waals surface area (Å²) in [6, 6.07) is 0. The zero-order chi connectivity index (χ0) is 58.1. The van der Waals surface area contributed by atoms with Gasteiger partial charge in [-0.15, -0.1) is 25.5 Å². The first-order chi connectivity index (χ1) is 31.6. The minimum Gasteiger partial charge on any atom is -0.427 e. The van der Waals surface area contributed by atoms with Crippen molar-refractivity contribution in [3.05, 3.63) is 17.5 Å². The molecule has 25 heteroatoms. The van der Waals surface area contributed by atoms with Gasteiger partial charge in [0, 0.05) is 31.9 Å². The van der Waals surface area contributed by atoms with Gasteiger partial charge in [-0.1, -0.05) is 151 Å². The van der Waals surface area contributed by atoms with Gasteiger partial charge >= 0.3 is 14.7 Å². The lowest BCUT2D eigenvalue weighted by Crippen LogP contribution is -2.19. The highest BCUT2D eigenvalue weighted by molar-refractivity contribution is 7.90. The first kappa shape index (κ1) is 74.8. The predicted octanol–water partition coefficient (Wildman–Crippen LogP) is 7.29. The molecule has 0 saturated heterocycles. The fourth-order valence-corrected chi connectivity index (χ4v) is 8.49. The maximum Gasteiger partial charge on any atom is 0.451 e. The Morgan fingerprint density at radius 3 is 1.31 bits per heavy atom. The Labute approximate surface area is 433 Å². The zero-order valence-electron chi connectivity index (χ0n) is 49.0. The van der Waals surface area contributed by atoms with E-state index in [1.54, 1.807) is 32.4 Å². The lowest BCUT2D eigenvalue weighted by Gasteiger charge is -2.17. The Hall–Kier alpha value is -3.70. The van der Waals surface area contributed by atoms with Crippen LogP contribution in [0.2, 0.25) is 6.32 Å². The van der Waals surface area contributed by atoms with Gasteiger partial charge in [-0.2, -0.15) is 10.0 Å². The summed E-state index contributed by atoms with van der Waals surface area (Å²) in [4.78, 5) is 50.4. The third kappa shape index (κ3) is 62.4. The van der Waals surface area contributed by atoms with Gasteiger partial charge in [-0.25, -0.2) is 13.1 Å². The maximum atomic E-state index is 10.9. The molecule has 72 heavy (non-hydrogen) atoms. The van der Waals surface area contributed by atoms with Crippen molar-refractivity contribution in [2.45, 2.75) is 211 Å². The molecule has 0 fully saturated rings. The number of hydrogen-bond acceptors (Lipinski definition) is 17. The van der Waals surface area contributed by atoms with E-state index in [-0.39, 0.29) is 80.3 Å². The van der Waals surface area contributed by atoms with Crippen molar-refractivity contribution in [3.63, 3.8) is 0 Å². The second kappa shape index (κ2) is 31.9. The van der Waals surface area contributed by atoms with Crippen LogP contribution in [0.4, 0.5) is 0 Å². The summed E-state index contributed by atoms with van der Waals surface area (Å²) < 4.78 is 33.2. The molecule has 420 valence electrons. The summed E-state index contributed by atoms with van der Waals surface area (Å²) in [5, 5.41) is 53.5. The number of rotatable bonds is 11. The highest BCUT2D eigenvalue weighted by Crippen LogP contribution is 2.41. The molecule has 0 aliphatic rings. The van der Waals surface area contributed by atoms with Gasteiger partial charge in [0.05, 0.1) is 11.9 Å². The van der Waals surface area contributed by atoms with Gasteiger partial charge in [0.25, 0.3) is 0 Å². The molecule has 3 aromatic rings. The summed E-state index contributed by atoms with van der Waals surface area (Å²) in [6.45, 7) is 47.4. The Bertz CT molecular complexity index is 2130. The third-order valence-electron chi connectivity index (χ3n) is 7.24. The molecule has 0 aliphatic heterocycles. The minimum absolute atomic E-state index is 0.0220. The summed E-state index contributed by atoms with van der Waals surface area (Å²) in [5.74, 6) is 2.88. The molecule has 0 spiro atoms. The van der Waals surface area contributed by atoms with Crippen molar-refractivity contribution in [1.82, 2.24) is 61.0 Å². The smallest absolute Gasteiger partial charge is 0.427 e. The highest BCUT2D eigenvalue weighted by atomic mass is 32.2. The number of aromatic amines is 1. The Kier molecular flexibility index (Phi) is 33.2. The van der Waals surface area contributed by atoms with Gasteiger partial charge in [-0.05, 0) is 80.6 Å². The molecule has 0 amide bonds. The van der Waals surface area contributed by atoms with Crippen molar-refractivity contribution in [1.29, 1.82) is 0 Å². The second-order valence-electron chi connectivity index (χ2n) is 26.6. The average Bonchev–Trinajstić information content (AvgIpc) is 3.78. The summed E-state index contributed by atoms with van der Waals surface area (Å²) in [7, 11) is -7.73. The Morgan fingerprint density at radius 1 is 0.597 bits per heavy atom. The van der Waals surface area contributed by atoms with Crippen LogP contribution in [0, 0.1) is 37.9 Å². The predicted molar refractivity (Wildman–Crippen MR) is 285 cm³/mol. The van der Waals surface area contributed by atoms with Crippen LogP contribution in [0.1, 0.15) is 190 Å². The largest absolute Gasteiger partial charge is 0.451 e. The summed E-state index contributed by atoms with van der Waals surface area (Å²) in [5.41, 5.74) is 0.323. The molecule has 3 aromatic heterocycles. The zero-order valence-corrected chi connectivity index (χ0v) is 50.7. The number of tetrazole rings is 3. The van der Waals surface area contributed by atoms with Gasteiger partial charge in [0.15, 0.2) is 29.0 Å². The van der Waals surface area contributed by atoms with Gasteiger partial charge in [-0.3, -0.25) is 14.2 Å². The normalized spacial score (nSPS) is 12.2. The number of carbonyl (C=O) groups excluding carboxylic acids is 3. The van der Waals surface area contributed by atoms with Crippen molar-refractivity contribution < 1.29 is 47.2 Å². The van der Waals surface area contributed by atoms with Crippen molar-refractivity contribution >= 4 is 41.9 Å². The van der Waals surface area contributed by atoms with Crippen LogP contribution in [0.25, 0.3) is 0 Å². The highest BCUT2D eigenvalue weighted by Gasteiger charge is 2.24. The molecule has 3 heterocycles. The third-order valence-corrected chi connectivity index (χ3v) is 9.99. The Balaban J connectivity index is -0.000000380. The molecule has 3 rings (SSSR count).